The van der Waals surface area contributed by atoms with E-state index in [-0.39, 0.29) is 0 Å². The van der Waals surface area contributed by atoms with E-state index < -0.39 is 0 Å². The molecule has 1 N–H and O–H groups in total. The molecule has 112 valence electrons. The highest BCUT2D eigenvalue weighted by Gasteiger charge is 2.28. The lowest BCUT2D eigenvalue weighted by molar-refractivity contribution is -0.0371. The minimum Gasteiger partial charge on any atom is -0.383 e. The molecule has 2 unspecified atom stereocenters. The highest BCUT2D eigenvalue weighted by atomic mass is 16.5. The lowest BCUT2D eigenvalue weighted by Gasteiger charge is -2.34. The number of likely N-dealkylation sites (N-methyl/N-ethyl adjacent to an activating group) is 1. The molecule has 2 atom stereocenters. The molecule has 0 amide bonds. The van der Waals surface area contributed by atoms with Crippen LogP contribution < -0.4 is 5.32 Å². The molecule has 2 rings (SSSR count). The summed E-state index contributed by atoms with van der Waals surface area (Å²) in [4.78, 5) is 4.97. The summed E-state index contributed by atoms with van der Waals surface area (Å²) in [5.74, 6) is 0. The first kappa shape index (κ1) is 15.2. The van der Waals surface area contributed by atoms with Crippen molar-refractivity contribution >= 4 is 0 Å². The molecule has 0 saturated carbocycles. The highest BCUT2D eigenvalue weighted by Crippen LogP contribution is 2.18. The minimum atomic E-state index is 0.387. The number of methoxy groups -OCH3 is 1. The third kappa shape index (κ3) is 5.00. The number of hydrogen-bond acceptors (Lipinski definition) is 5. The van der Waals surface area contributed by atoms with Gasteiger partial charge in [0.1, 0.15) is 0 Å². The molecule has 0 spiro atoms. The number of nitrogens with zero attached hydrogens (tertiary/aromatic N) is 2. The highest BCUT2D eigenvalue weighted by molar-refractivity contribution is 4.84. The summed E-state index contributed by atoms with van der Waals surface area (Å²) in [6.07, 6.45) is 3.01. The lowest BCUT2D eigenvalue weighted by atomic mass is 10.2. The summed E-state index contributed by atoms with van der Waals surface area (Å²) in [6, 6.07) is 0.674. The quantitative estimate of drug-likeness (QED) is 0.661. The SMILES string of the molecule is COCCNCC1CCCN1CC1CN(C)CCO1. The van der Waals surface area contributed by atoms with Crippen molar-refractivity contribution in [3.05, 3.63) is 0 Å². The molecule has 0 aromatic heterocycles. The van der Waals surface area contributed by atoms with Gasteiger partial charge in [-0.3, -0.25) is 4.90 Å². The second-order valence-corrected chi connectivity index (χ2v) is 5.74. The Hall–Kier alpha value is -0.200. The molecule has 5 nitrogen and oxygen atoms in total. The van der Waals surface area contributed by atoms with Gasteiger partial charge in [0.2, 0.25) is 0 Å². The first-order valence-electron chi connectivity index (χ1n) is 7.53. The van der Waals surface area contributed by atoms with Crippen molar-refractivity contribution in [1.29, 1.82) is 0 Å². The van der Waals surface area contributed by atoms with Gasteiger partial charge in [-0.2, -0.15) is 0 Å². The molecule has 0 aliphatic carbocycles. The summed E-state index contributed by atoms with van der Waals surface area (Å²) < 4.78 is 10.9. The molecule has 2 fully saturated rings. The molecule has 19 heavy (non-hydrogen) atoms. The summed E-state index contributed by atoms with van der Waals surface area (Å²) in [6.45, 7) is 8.14. The van der Waals surface area contributed by atoms with E-state index in [4.69, 9.17) is 9.47 Å². The van der Waals surface area contributed by atoms with Gasteiger partial charge in [0.05, 0.1) is 19.3 Å². The summed E-state index contributed by atoms with van der Waals surface area (Å²) >= 11 is 0. The molecule has 2 aliphatic rings. The van der Waals surface area contributed by atoms with Crippen LogP contribution in [0, 0.1) is 0 Å². The first-order chi connectivity index (χ1) is 9.29. The van der Waals surface area contributed by atoms with Gasteiger partial charge < -0.3 is 19.7 Å². The Labute approximate surface area is 117 Å². The fourth-order valence-electron chi connectivity index (χ4n) is 3.05. The van der Waals surface area contributed by atoms with Crippen molar-refractivity contribution in [2.45, 2.75) is 25.0 Å². The van der Waals surface area contributed by atoms with Gasteiger partial charge in [0, 0.05) is 45.9 Å². The Morgan fingerprint density at radius 1 is 1.37 bits per heavy atom. The molecule has 2 saturated heterocycles. The van der Waals surface area contributed by atoms with Crippen molar-refractivity contribution in [1.82, 2.24) is 15.1 Å². The predicted molar refractivity (Wildman–Crippen MR) is 76.6 cm³/mol. The average Bonchev–Trinajstić information content (AvgIpc) is 2.82. The Morgan fingerprint density at radius 2 is 2.26 bits per heavy atom. The molecule has 0 aromatic rings. The number of likely N-dealkylation sites (tertiary alicyclic amines) is 1. The van der Waals surface area contributed by atoms with E-state index in [1.165, 1.54) is 19.4 Å². The van der Waals surface area contributed by atoms with E-state index in [1.807, 2.05) is 0 Å². The predicted octanol–water partition coefficient (Wildman–Crippen LogP) is 0.0174. The molecular formula is C14H29N3O2. The van der Waals surface area contributed by atoms with Crippen LogP contribution in [0.3, 0.4) is 0 Å². The largest absolute Gasteiger partial charge is 0.383 e. The summed E-state index contributed by atoms with van der Waals surface area (Å²) in [5, 5.41) is 3.49. The number of morpholine rings is 1. The standard InChI is InChI=1S/C14H29N3O2/c1-16-7-9-19-14(11-16)12-17-6-3-4-13(17)10-15-5-8-18-2/h13-15H,3-12H2,1-2H3. The topological polar surface area (TPSA) is 37.0 Å². The second-order valence-electron chi connectivity index (χ2n) is 5.74. The Balaban J connectivity index is 1.69. The Morgan fingerprint density at radius 3 is 3.05 bits per heavy atom. The van der Waals surface area contributed by atoms with E-state index in [9.17, 15) is 0 Å². The number of ether oxygens (including phenoxy) is 2. The molecule has 2 aliphatic heterocycles. The zero-order valence-corrected chi connectivity index (χ0v) is 12.4. The smallest absolute Gasteiger partial charge is 0.0829 e. The maximum atomic E-state index is 5.88. The maximum absolute atomic E-state index is 5.88. The van der Waals surface area contributed by atoms with Crippen LogP contribution in [0.15, 0.2) is 0 Å². The maximum Gasteiger partial charge on any atom is 0.0829 e. The molecule has 0 radical (unpaired) electrons. The molecule has 0 aromatic carbocycles. The van der Waals surface area contributed by atoms with E-state index >= 15 is 0 Å². The molecule has 0 bridgehead atoms. The Bertz CT molecular complexity index is 253. The van der Waals surface area contributed by atoms with Gasteiger partial charge in [-0.15, -0.1) is 0 Å². The van der Waals surface area contributed by atoms with E-state index in [1.54, 1.807) is 7.11 Å². The van der Waals surface area contributed by atoms with Gasteiger partial charge in [0.25, 0.3) is 0 Å². The van der Waals surface area contributed by atoms with Crippen molar-refractivity contribution in [3.63, 3.8) is 0 Å². The first-order valence-corrected chi connectivity index (χ1v) is 7.53. The monoisotopic (exact) mass is 271 g/mol. The van der Waals surface area contributed by atoms with Crippen LogP contribution in [0.4, 0.5) is 0 Å². The lowest BCUT2D eigenvalue weighted by Crippen LogP contribution is -2.48. The second kappa shape index (κ2) is 8.17. The van der Waals surface area contributed by atoms with E-state index in [0.29, 0.717) is 12.1 Å². The summed E-state index contributed by atoms with van der Waals surface area (Å²) in [7, 11) is 3.93. The van der Waals surface area contributed by atoms with Gasteiger partial charge >= 0.3 is 0 Å². The zero-order chi connectivity index (χ0) is 13.5. The van der Waals surface area contributed by atoms with Crippen LogP contribution in [0.5, 0.6) is 0 Å². The number of nitrogens with one attached hydrogen (secondary N) is 1. The fourth-order valence-corrected chi connectivity index (χ4v) is 3.05. The van der Waals surface area contributed by atoms with Crippen LogP contribution in [0.25, 0.3) is 0 Å². The normalized spacial score (nSPS) is 30.0. The van der Waals surface area contributed by atoms with Crippen LogP contribution in [-0.4, -0.2) is 88.6 Å². The van der Waals surface area contributed by atoms with Crippen LogP contribution in [-0.2, 0) is 9.47 Å². The van der Waals surface area contributed by atoms with Gasteiger partial charge in [-0.1, -0.05) is 0 Å². The summed E-state index contributed by atoms with van der Waals surface area (Å²) in [5.41, 5.74) is 0. The van der Waals surface area contributed by atoms with Gasteiger partial charge in [-0.05, 0) is 26.4 Å². The van der Waals surface area contributed by atoms with Gasteiger partial charge in [0.15, 0.2) is 0 Å². The Kier molecular flexibility index (Phi) is 6.53. The van der Waals surface area contributed by atoms with Crippen molar-refractivity contribution < 1.29 is 9.47 Å². The van der Waals surface area contributed by atoms with Crippen LogP contribution in [0.1, 0.15) is 12.8 Å². The fraction of sp³-hybridized carbons (Fsp3) is 1.00. The third-order valence-electron chi connectivity index (χ3n) is 4.14. The molecule has 5 heteroatoms. The van der Waals surface area contributed by atoms with Crippen molar-refractivity contribution in [2.24, 2.45) is 0 Å². The van der Waals surface area contributed by atoms with E-state index in [2.05, 4.69) is 22.2 Å². The molecule has 2 heterocycles. The zero-order valence-electron chi connectivity index (χ0n) is 12.4. The minimum absolute atomic E-state index is 0.387. The van der Waals surface area contributed by atoms with Crippen molar-refractivity contribution in [2.75, 3.05) is 66.6 Å². The van der Waals surface area contributed by atoms with Crippen LogP contribution in [0.2, 0.25) is 0 Å². The number of rotatable bonds is 7. The van der Waals surface area contributed by atoms with E-state index in [0.717, 1.165) is 45.9 Å². The van der Waals surface area contributed by atoms with Crippen LogP contribution >= 0.6 is 0 Å². The van der Waals surface area contributed by atoms with Crippen molar-refractivity contribution in [3.8, 4) is 0 Å². The number of hydrogen-bond donors (Lipinski definition) is 1. The third-order valence-corrected chi connectivity index (χ3v) is 4.14. The average molecular weight is 271 g/mol. The molecular weight excluding hydrogens is 242 g/mol. The van der Waals surface area contributed by atoms with Gasteiger partial charge in [-0.25, -0.2) is 0 Å².